The molecule has 0 aliphatic heterocycles. The van der Waals surface area contributed by atoms with E-state index in [4.69, 9.17) is 22.9 Å². The van der Waals surface area contributed by atoms with Gasteiger partial charge in [-0.15, -0.1) is 0 Å². The van der Waals surface area contributed by atoms with Crippen LogP contribution in [0.15, 0.2) is 4.99 Å². The molecule has 4 unspecified atom stereocenters. The van der Waals surface area contributed by atoms with Crippen molar-refractivity contribution in [2.24, 2.45) is 27.9 Å². The number of unbranched alkanes of at least 4 members (excludes halogenated alkanes) is 1. The van der Waals surface area contributed by atoms with Gasteiger partial charge < -0.3 is 49.1 Å². The number of carboxylic acids is 1. The van der Waals surface area contributed by atoms with E-state index in [1.807, 2.05) is 0 Å². The lowest BCUT2D eigenvalue weighted by atomic mass is 10.1. The molecule has 0 rings (SSSR count). The number of carbonyl (C=O) groups is 4. The molecule has 0 aliphatic rings. The molecule has 0 aromatic rings. The Kier molecular flexibility index (Phi) is 14.3. The number of aliphatic hydroxyl groups excluding tert-OH is 1. The summed E-state index contributed by atoms with van der Waals surface area (Å²) in [5.74, 6) is -3.61. The topological polar surface area (TPSA) is 261 Å². The van der Waals surface area contributed by atoms with Crippen molar-refractivity contribution >= 4 is 29.7 Å². The second-order valence-corrected chi connectivity index (χ2v) is 7.23. The zero-order valence-corrected chi connectivity index (χ0v) is 18.3. The minimum atomic E-state index is -1.42. The Morgan fingerprint density at radius 1 is 0.875 bits per heavy atom. The number of nitrogens with one attached hydrogen (secondary N) is 3. The average Bonchev–Trinajstić information content (AvgIpc) is 2.72. The molecule has 0 fully saturated rings. The maximum atomic E-state index is 12.6. The number of carbonyl (C=O) groups excluding carboxylic acids is 3. The quantitative estimate of drug-likeness (QED) is 0.0612. The van der Waals surface area contributed by atoms with Crippen molar-refractivity contribution in [1.29, 1.82) is 0 Å². The molecule has 0 aromatic heterocycles. The second-order valence-electron chi connectivity index (χ2n) is 7.23. The van der Waals surface area contributed by atoms with E-state index in [-0.39, 0.29) is 31.8 Å². The van der Waals surface area contributed by atoms with Crippen molar-refractivity contribution in [3.05, 3.63) is 0 Å². The molecule has 32 heavy (non-hydrogen) atoms. The molecule has 14 nitrogen and oxygen atoms in total. The van der Waals surface area contributed by atoms with Gasteiger partial charge in [0, 0.05) is 6.54 Å². The Morgan fingerprint density at radius 2 is 1.41 bits per heavy atom. The Morgan fingerprint density at radius 3 is 1.91 bits per heavy atom. The molecule has 0 aliphatic carbocycles. The van der Waals surface area contributed by atoms with Crippen LogP contribution in [0.2, 0.25) is 0 Å². The highest BCUT2D eigenvalue weighted by atomic mass is 16.4. The normalized spacial score (nSPS) is 14.4. The number of carboxylic acid groups (broad SMARTS) is 1. The van der Waals surface area contributed by atoms with E-state index in [1.54, 1.807) is 0 Å². The highest BCUT2D eigenvalue weighted by Gasteiger charge is 2.29. The molecule has 0 spiro atoms. The first-order valence-electron chi connectivity index (χ1n) is 10.3. The molecule has 0 bridgehead atoms. The Labute approximate surface area is 186 Å². The average molecular weight is 461 g/mol. The van der Waals surface area contributed by atoms with Gasteiger partial charge >= 0.3 is 5.97 Å². The number of amides is 3. The third-order valence-electron chi connectivity index (χ3n) is 4.37. The third kappa shape index (κ3) is 12.0. The maximum absolute atomic E-state index is 12.6. The van der Waals surface area contributed by atoms with Crippen LogP contribution >= 0.6 is 0 Å². The van der Waals surface area contributed by atoms with Crippen LogP contribution in [0, 0.1) is 0 Å². The van der Waals surface area contributed by atoms with Gasteiger partial charge in [-0.05, 0) is 45.6 Å². The lowest BCUT2D eigenvalue weighted by Crippen LogP contribution is -2.57. The second kappa shape index (κ2) is 15.8. The van der Waals surface area contributed by atoms with E-state index in [2.05, 4.69) is 20.9 Å². The van der Waals surface area contributed by atoms with Crippen LogP contribution in [0.1, 0.15) is 39.0 Å². The number of aliphatic hydroxyl groups is 1. The Hall–Kier alpha value is -2.97. The fourth-order valence-electron chi connectivity index (χ4n) is 2.56. The number of guanidine groups is 1. The lowest BCUT2D eigenvalue weighted by molar-refractivity contribution is -0.142. The number of aliphatic imine (C=N–C) groups is 1. The standard InChI is InChI=1S/C18H36N8O6/c1-10(20)14(28)24-11(5-2-3-7-19)15(29)26-13(9-27)16(30)25-12(17(31)32)6-4-8-23-18(21)22/h10-13,27H,2-9,19-20H2,1H3,(H,24,28)(H,25,30)(H,26,29)(H,31,32)(H4,21,22,23). The Bertz CT molecular complexity index is 653. The fraction of sp³-hybridized carbons (Fsp3) is 0.722. The van der Waals surface area contributed by atoms with Crippen molar-refractivity contribution in [3.8, 4) is 0 Å². The van der Waals surface area contributed by atoms with Crippen molar-refractivity contribution in [3.63, 3.8) is 0 Å². The first kappa shape index (κ1) is 29.0. The molecule has 0 saturated heterocycles. The summed E-state index contributed by atoms with van der Waals surface area (Å²) >= 11 is 0. The van der Waals surface area contributed by atoms with E-state index in [1.165, 1.54) is 6.92 Å². The van der Waals surface area contributed by atoms with Crippen LogP contribution < -0.4 is 38.9 Å². The molecule has 0 aromatic carbocycles. The molecule has 14 heteroatoms. The first-order valence-corrected chi connectivity index (χ1v) is 10.3. The monoisotopic (exact) mass is 460 g/mol. The summed E-state index contributed by atoms with van der Waals surface area (Å²) in [6.45, 7) is 1.24. The largest absolute Gasteiger partial charge is 0.480 e. The number of hydrogen-bond donors (Lipinski definition) is 9. The minimum absolute atomic E-state index is 0.0239. The molecule has 0 saturated carbocycles. The fourth-order valence-corrected chi connectivity index (χ4v) is 2.56. The smallest absolute Gasteiger partial charge is 0.326 e. The van der Waals surface area contributed by atoms with Gasteiger partial charge in [0.1, 0.15) is 18.1 Å². The predicted molar refractivity (Wildman–Crippen MR) is 117 cm³/mol. The summed E-state index contributed by atoms with van der Waals surface area (Å²) in [5, 5.41) is 25.9. The summed E-state index contributed by atoms with van der Waals surface area (Å²) in [6, 6.07) is -4.56. The van der Waals surface area contributed by atoms with Crippen molar-refractivity contribution in [2.45, 2.75) is 63.2 Å². The van der Waals surface area contributed by atoms with Crippen LogP contribution in [0.3, 0.4) is 0 Å². The highest BCUT2D eigenvalue weighted by Crippen LogP contribution is 2.03. The van der Waals surface area contributed by atoms with Crippen molar-refractivity contribution in [2.75, 3.05) is 19.7 Å². The highest BCUT2D eigenvalue weighted by molar-refractivity contribution is 5.94. The number of hydrogen-bond acceptors (Lipinski definition) is 8. The molecule has 0 radical (unpaired) electrons. The van der Waals surface area contributed by atoms with Gasteiger partial charge in [-0.1, -0.05) is 0 Å². The van der Waals surface area contributed by atoms with Gasteiger partial charge in [0.05, 0.1) is 12.6 Å². The van der Waals surface area contributed by atoms with Crippen molar-refractivity contribution < 1.29 is 29.4 Å². The Balaban J connectivity index is 5.08. The summed E-state index contributed by atoms with van der Waals surface area (Å²) in [6.07, 6.45) is 1.68. The van der Waals surface area contributed by atoms with Gasteiger partial charge in [-0.3, -0.25) is 19.4 Å². The molecule has 13 N–H and O–H groups in total. The van der Waals surface area contributed by atoms with Crippen LogP contribution in [0.25, 0.3) is 0 Å². The third-order valence-corrected chi connectivity index (χ3v) is 4.37. The van der Waals surface area contributed by atoms with E-state index >= 15 is 0 Å². The van der Waals surface area contributed by atoms with Crippen LogP contribution in [-0.4, -0.2) is 83.7 Å². The van der Waals surface area contributed by atoms with Crippen LogP contribution in [0.4, 0.5) is 0 Å². The van der Waals surface area contributed by atoms with Gasteiger partial charge in [-0.2, -0.15) is 0 Å². The number of rotatable bonds is 16. The summed E-state index contributed by atoms with van der Waals surface area (Å²) in [5.41, 5.74) is 21.4. The SMILES string of the molecule is CC(N)C(=O)NC(CCCCN)C(=O)NC(CO)C(=O)NC(CCCN=C(N)N)C(=O)O. The van der Waals surface area contributed by atoms with E-state index in [9.17, 15) is 29.4 Å². The zero-order valence-electron chi connectivity index (χ0n) is 18.3. The summed E-state index contributed by atoms with van der Waals surface area (Å²) in [7, 11) is 0. The molecule has 4 atom stereocenters. The predicted octanol–water partition coefficient (Wildman–Crippen LogP) is -3.95. The molecular weight excluding hydrogens is 424 g/mol. The molecular formula is C18H36N8O6. The minimum Gasteiger partial charge on any atom is -0.480 e. The molecule has 0 heterocycles. The number of aliphatic carboxylic acids is 1. The van der Waals surface area contributed by atoms with Gasteiger partial charge in [0.25, 0.3) is 0 Å². The lowest BCUT2D eigenvalue weighted by Gasteiger charge is -2.24. The van der Waals surface area contributed by atoms with Crippen molar-refractivity contribution in [1.82, 2.24) is 16.0 Å². The van der Waals surface area contributed by atoms with E-state index in [0.717, 1.165) is 0 Å². The summed E-state index contributed by atoms with van der Waals surface area (Å²) in [4.78, 5) is 52.1. The van der Waals surface area contributed by atoms with E-state index in [0.29, 0.717) is 19.4 Å². The first-order chi connectivity index (χ1) is 15.0. The zero-order chi connectivity index (χ0) is 24.7. The maximum Gasteiger partial charge on any atom is 0.326 e. The van der Waals surface area contributed by atoms with Gasteiger partial charge in [-0.25, -0.2) is 4.79 Å². The number of nitrogens with zero attached hydrogens (tertiary/aromatic N) is 1. The molecule has 184 valence electrons. The number of nitrogens with two attached hydrogens (primary N) is 4. The molecule has 3 amide bonds. The van der Waals surface area contributed by atoms with Gasteiger partial charge in [0.15, 0.2) is 5.96 Å². The van der Waals surface area contributed by atoms with Gasteiger partial charge in [0.2, 0.25) is 17.7 Å². The summed E-state index contributed by atoms with van der Waals surface area (Å²) < 4.78 is 0. The van der Waals surface area contributed by atoms with Crippen LogP contribution in [0.5, 0.6) is 0 Å². The van der Waals surface area contributed by atoms with Crippen LogP contribution in [-0.2, 0) is 19.2 Å². The van der Waals surface area contributed by atoms with E-state index < -0.39 is 54.5 Å².